The molecule has 0 bridgehead atoms. The predicted octanol–water partition coefficient (Wildman–Crippen LogP) is 3.87. The van der Waals surface area contributed by atoms with Gasteiger partial charge in [-0.15, -0.1) is 24.8 Å². The zero-order valence-corrected chi connectivity index (χ0v) is 15.5. The first kappa shape index (κ1) is 20.8. The van der Waals surface area contributed by atoms with Crippen LogP contribution in [0.25, 0.3) is 0 Å². The quantitative estimate of drug-likeness (QED) is 0.788. The lowest BCUT2D eigenvalue weighted by molar-refractivity contribution is 0.146. The van der Waals surface area contributed by atoms with Gasteiger partial charge in [0.25, 0.3) is 0 Å². The fourth-order valence-corrected chi connectivity index (χ4v) is 3.20. The van der Waals surface area contributed by atoms with Crippen LogP contribution in [-0.2, 0) is 13.1 Å². The maximum Gasteiger partial charge on any atom is 0.0359 e. The number of benzene rings is 2. The molecule has 3 N–H and O–H groups in total. The van der Waals surface area contributed by atoms with Gasteiger partial charge in [-0.2, -0.15) is 0 Å². The van der Waals surface area contributed by atoms with Crippen LogP contribution in [0.2, 0.25) is 0 Å². The molecule has 1 aliphatic rings. The second-order valence-electron chi connectivity index (χ2n) is 6.07. The zero-order chi connectivity index (χ0) is 15.2. The van der Waals surface area contributed by atoms with Crippen molar-refractivity contribution in [2.45, 2.75) is 32.0 Å². The van der Waals surface area contributed by atoms with Crippen LogP contribution in [-0.4, -0.2) is 24.0 Å². The monoisotopic (exact) mass is 367 g/mol. The van der Waals surface area contributed by atoms with E-state index in [2.05, 4.69) is 52.7 Å². The Morgan fingerprint density at radius 2 is 1.50 bits per heavy atom. The third-order valence-corrected chi connectivity index (χ3v) is 4.48. The molecule has 2 aromatic carbocycles. The lowest BCUT2D eigenvalue weighted by Crippen LogP contribution is -2.42. The summed E-state index contributed by atoms with van der Waals surface area (Å²) in [6, 6.07) is 19.6. The highest BCUT2D eigenvalue weighted by molar-refractivity contribution is 5.85. The van der Waals surface area contributed by atoms with E-state index < -0.39 is 0 Å². The summed E-state index contributed by atoms with van der Waals surface area (Å²) in [5, 5.41) is 3.46. The fourth-order valence-electron chi connectivity index (χ4n) is 3.20. The first-order valence-corrected chi connectivity index (χ1v) is 8.15. The van der Waals surface area contributed by atoms with Crippen molar-refractivity contribution in [1.82, 2.24) is 10.2 Å². The van der Waals surface area contributed by atoms with Crippen LogP contribution in [0.5, 0.6) is 0 Å². The number of halogens is 2. The molecule has 1 fully saturated rings. The van der Waals surface area contributed by atoms with Crippen LogP contribution >= 0.6 is 24.8 Å². The molecule has 0 aromatic heterocycles. The summed E-state index contributed by atoms with van der Waals surface area (Å²) in [5.74, 6) is 0. The zero-order valence-electron chi connectivity index (χ0n) is 13.9. The molecule has 2 aromatic rings. The number of piperidine rings is 1. The number of nitrogens with two attached hydrogens (primary N) is 1. The number of nitrogens with one attached hydrogen (secondary N) is 1. The van der Waals surface area contributed by atoms with Crippen molar-refractivity contribution < 1.29 is 0 Å². The number of rotatable bonds is 5. The van der Waals surface area contributed by atoms with Gasteiger partial charge in [0, 0.05) is 24.8 Å². The maximum absolute atomic E-state index is 6.15. The molecular weight excluding hydrogens is 341 g/mol. The third kappa shape index (κ3) is 5.67. The number of hydrogen-bond acceptors (Lipinski definition) is 3. The SMILES string of the molecule is Cl.Cl.Nc1ccccc1CN(Cc1ccccc1)C1CCNCC1. The van der Waals surface area contributed by atoms with Gasteiger partial charge in [-0.25, -0.2) is 0 Å². The van der Waals surface area contributed by atoms with Crippen molar-refractivity contribution in [2.75, 3.05) is 18.8 Å². The Morgan fingerprint density at radius 1 is 0.875 bits per heavy atom. The molecule has 1 heterocycles. The number of nitrogens with zero attached hydrogens (tertiary/aromatic N) is 1. The lowest BCUT2D eigenvalue weighted by Gasteiger charge is -2.35. The molecule has 132 valence electrons. The maximum atomic E-state index is 6.15. The Balaban J connectivity index is 0.00000144. The van der Waals surface area contributed by atoms with Crippen molar-refractivity contribution in [3.8, 4) is 0 Å². The summed E-state index contributed by atoms with van der Waals surface area (Å²) in [6.45, 7) is 4.13. The molecule has 1 aliphatic heterocycles. The molecule has 0 saturated carbocycles. The van der Waals surface area contributed by atoms with Crippen LogP contribution in [0.4, 0.5) is 5.69 Å². The van der Waals surface area contributed by atoms with Crippen LogP contribution in [0, 0.1) is 0 Å². The van der Waals surface area contributed by atoms with Crippen molar-refractivity contribution in [3.63, 3.8) is 0 Å². The first-order valence-electron chi connectivity index (χ1n) is 8.15. The van der Waals surface area contributed by atoms with Gasteiger partial charge in [-0.3, -0.25) is 4.90 Å². The molecule has 0 unspecified atom stereocenters. The average Bonchev–Trinajstić information content (AvgIpc) is 2.58. The average molecular weight is 368 g/mol. The van der Waals surface area contributed by atoms with E-state index >= 15 is 0 Å². The molecule has 0 radical (unpaired) electrons. The van der Waals surface area contributed by atoms with Crippen molar-refractivity contribution in [2.24, 2.45) is 0 Å². The van der Waals surface area contributed by atoms with Crippen molar-refractivity contribution in [3.05, 3.63) is 65.7 Å². The molecule has 3 rings (SSSR count). The second kappa shape index (κ2) is 10.6. The summed E-state index contributed by atoms with van der Waals surface area (Å²) >= 11 is 0. The molecule has 24 heavy (non-hydrogen) atoms. The summed E-state index contributed by atoms with van der Waals surface area (Å²) in [6.07, 6.45) is 2.42. The number of nitrogen functional groups attached to an aromatic ring is 1. The van der Waals surface area contributed by atoms with Crippen molar-refractivity contribution >= 4 is 30.5 Å². The first-order chi connectivity index (χ1) is 10.8. The van der Waals surface area contributed by atoms with Crippen LogP contribution in [0.3, 0.4) is 0 Å². The summed E-state index contributed by atoms with van der Waals surface area (Å²) < 4.78 is 0. The van der Waals surface area contributed by atoms with E-state index in [0.29, 0.717) is 6.04 Å². The van der Waals surface area contributed by atoms with E-state index in [-0.39, 0.29) is 24.8 Å². The van der Waals surface area contributed by atoms with E-state index in [1.165, 1.54) is 24.0 Å². The van der Waals surface area contributed by atoms with E-state index in [9.17, 15) is 0 Å². The lowest BCUT2D eigenvalue weighted by atomic mass is 10.0. The van der Waals surface area contributed by atoms with Crippen LogP contribution in [0.1, 0.15) is 24.0 Å². The number of hydrogen-bond donors (Lipinski definition) is 2. The highest BCUT2D eigenvalue weighted by Gasteiger charge is 2.21. The van der Waals surface area contributed by atoms with Gasteiger partial charge >= 0.3 is 0 Å². The number of para-hydroxylation sites is 1. The molecule has 5 heteroatoms. The van der Waals surface area contributed by atoms with E-state index in [4.69, 9.17) is 5.73 Å². The van der Waals surface area contributed by atoms with E-state index in [1.54, 1.807) is 0 Å². The Kier molecular flexibility index (Phi) is 9.16. The predicted molar refractivity (Wildman–Crippen MR) is 107 cm³/mol. The molecule has 0 atom stereocenters. The minimum atomic E-state index is 0. The summed E-state index contributed by atoms with van der Waals surface area (Å²) in [4.78, 5) is 2.59. The van der Waals surface area contributed by atoms with Gasteiger partial charge in [-0.05, 0) is 43.1 Å². The normalized spacial score (nSPS) is 14.7. The molecular formula is C19H27Cl2N3. The van der Waals surface area contributed by atoms with Crippen LogP contribution < -0.4 is 11.1 Å². The van der Waals surface area contributed by atoms with Gasteiger partial charge in [0.1, 0.15) is 0 Å². The Morgan fingerprint density at radius 3 is 2.17 bits per heavy atom. The molecule has 0 aliphatic carbocycles. The highest BCUT2D eigenvalue weighted by atomic mass is 35.5. The third-order valence-electron chi connectivity index (χ3n) is 4.48. The molecule has 0 amide bonds. The molecule has 0 spiro atoms. The fraction of sp³-hybridized carbons (Fsp3) is 0.368. The summed E-state index contributed by atoms with van der Waals surface area (Å²) in [5.41, 5.74) is 9.65. The largest absolute Gasteiger partial charge is 0.398 e. The Hall–Kier alpha value is -1.26. The van der Waals surface area contributed by atoms with Gasteiger partial charge < -0.3 is 11.1 Å². The van der Waals surface area contributed by atoms with E-state index in [1.807, 2.05) is 12.1 Å². The van der Waals surface area contributed by atoms with Gasteiger partial charge in [0.05, 0.1) is 0 Å². The Bertz CT molecular complexity index is 586. The Labute approximate surface area is 157 Å². The standard InChI is InChI=1S/C19H25N3.2ClH/c20-19-9-5-4-8-17(19)15-22(18-10-12-21-13-11-18)14-16-6-2-1-3-7-16;;/h1-9,18,21H,10-15,20H2;2*1H. The van der Waals surface area contributed by atoms with Crippen molar-refractivity contribution in [1.29, 1.82) is 0 Å². The van der Waals surface area contributed by atoms with E-state index in [0.717, 1.165) is 31.9 Å². The van der Waals surface area contributed by atoms with Gasteiger partial charge in [0.15, 0.2) is 0 Å². The minimum absolute atomic E-state index is 0. The molecule has 3 nitrogen and oxygen atoms in total. The highest BCUT2D eigenvalue weighted by Crippen LogP contribution is 2.21. The van der Waals surface area contributed by atoms with Gasteiger partial charge in [-0.1, -0.05) is 48.5 Å². The van der Waals surface area contributed by atoms with Gasteiger partial charge in [0.2, 0.25) is 0 Å². The second-order valence-corrected chi connectivity index (χ2v) is 6.07. The topological polar surface area (TPSA) is 41.3 Å². The summed E-state index contributed by atoms with van der Waals surface area (Å²) in [7, 11) is 0. The smallest absolute Gasteiger partial charge is 0.0359 e. The molecule has 1 saturated heterocycles. The minimum Gasteiger partial charge on any atom is -0.398 e. The number of anilines is 1. The van der Waals surface area contributed by atoms with Crippen LogP contribution in [0.15, 0.2) is 54.6 Å².